The van der Waals surface area contributed by atoms with Crippen molar-refractivity contribution in [2.24, 2.45) is 23.7 Å². The Morgan fingerprint density at radius 1 is 0.820 bits per heavy atom. The molecule has 3 N–H and O–H groups in total. The molecule has 8 atom stereocenters. The predicted molar refractivity (Wildman–Crippen MR) is 233 cm³/mol. The van der Waals surface area contributed by atoms with Crippen molar-refractivity contribution in [3.63, 3.8) is 0 Å². The molecule has 14 heteroatoms. The fourth-order valence-electron chi connectivity index (χ4n) is 10.3. The molecule has 3 aliphatic rings. The van der Waals surface area contributed by atoms with E-state index in [-0.39, 0.29) is 53.7 Å². The number of carbonyl (C=O) groups is 4. The smallest absolute Gasteiger partial charge is 0.409 e. The third-order valence-corrected chi connectivity index (χ3v) is 13.6. The first-order valence-corrected chi connectivity index (χ1v) is 21.6. The van der Waals surface area contributed by atoms with Gasteiger partial charge in [-0.3, -0.25) is 14.5 Å². The minimum atomic E-state index is -0.691. The Kier molecular flexibility index (Phi) is 11.3. The molecule has 1 saturated carbocycles. The van der Waals surface area contributed by atoms with E-state index in [1.807, 2.05) is 43.7 Å². The highest BCUT2D eigenvalue weighted by atomic mass is 16.5. The maximum absolute atomic E-state index is 14.2. The SMILES string of the molecule is COC(=O)N[C@H](C(=O)N1[C@@H]2CC[C@@H](C2)[C@H]1c1nc2c(ccc3cc(-c4ccc(-c5cnc([C@@H]6C[C@@H](C)[C@@H](C)N6C(=O)[C@H](C(C)C)N(C)C(=O)OC)[nH]5)cc4)ccc32)[nH]1)C(C)C. The largest absolute Gasteiger partial charge is 0.453 e. The molecule has 2 aliphatic heterocycles. The van der Waals surface area contributed by atoms with E-state index in [2.05, 4.69) is 83.7 Å². The van der Waals surface area contributed by atoms with Crippen LogP contribution in [0.15, 0.2) is 60.8 Å². The lowest BCUT2D eigenvalue weighted by Crippen LogP contribution is -2.54. The van der Waals surface area contributed by atoms with Crippen molar-refractivity contribution in [1.29, 1.82) is 0 Å². The van der Waals surface area contributed by atoms with E-state index in [1.54, 1.807) is 7.05 Å². The molecule has 2 aromatic heterocycles. The number of imidazole rings is 2. The van der Waals surface area contributed by atoms with Gasteiger partial charge in [0.2, 0.25) is 11.8 Å². The number of rotatable bonds is 10. The van der Waals surface area contributed by atoms with E-state index in [0.717, 1.165) is 81.5 Å². The van der Waals surface area contributed by atoms with Gasteiger partial charge in [-0.1, -0.05) is 77.1 Å². The Morgan fingerprint density at radius 2 is 1.54 bits per heavy atom. The van der Waals surface area contributed by atoms with E-state index in [4.69, 9.17) is 19.4 Å². The number of amides is 4. The van der Waals surface area contributed by atoms with Gasteiger partial charge in [-0.2, -0.15) is 0 Å². The average molecular weight is 831 g/mol. The van der Waals surface area contributed by atoms with Crippen molar-refractivity contribution in [2.45, 2.75) is 103 Å². The number of nitrogens with zero attached hydrogens (tertiary/aromatic N) is 5. The van der Waals surface area contributed by atoms with Crippen molar-refractivity contribution in [3.05, 3.63) is 72.4 Å². The van der Waals surface area contributed by atoms with E-state index >= 15 is 0 Å². The number of aromatic amines is 2. The molecule has 5 aromatic rings. The van der Waals surface area contributed by atoms with Crippen LogP contribution in [0.4, 0.5) is 9.59 Å². The number of piperidine rings is 1. The van der Waals surface area contributed by atoms with Crippen molar-refractivity contribution >= 4 is 45.8 Å². The van der Waals surface area contributed by atoms with Gasteiger partial charge in [0.25, 0.3) is 0 Å². The van der Waals surface area contributed by atoms with Crippen LogP contribution in [0.5, 0.6) is 0 Å². The third-order valence-electron chi connectivity index (χ3n) is 13.6. The highest BCUT2D eigenvalue weighted by Gasteiger charge is 2.52. The number of likely N-dealkylation sites (tertiary alicyclic amines) is 2. The Hall–Kier alpha value is -5.92. The van der Waals surface area contributed by atoms with E-state index < -0.39 is 24.3 Å². The number of alkyl carbamates (subject to hydrolysis) is 1. The number of fused-ring (bicyclic) bond motifs is 5. The first-order chi connectivity index (χ1) is 29.2. The number of benzene rings is 3. The number of methoxy groups -OCH3 is 2. The van der Waals surface area contributed by atoms with Gasteiger partial charge in [0.1, 0.15) is 23.7 Å². The quantitative estimate of drug-likeness (QED) is 0.127. The zero-order chi connectivity index (χ0) is 43.4. The third kappa shape index (κ3) is 7.48. The zero-order valence-electron chi connectivity index (χ0n) is 36.6. The van der Waals surface area contributed by atoms with Crippen molar-refractivity contribution in [3.8, 4) is 22.4 Å². The predicted octanol–water partition coefficient (Wildman–Crippen LogP) is 8.23. The summed E-state index contributed by atoms with van der Waals surface area (Å²) in [7, 11) is 4.25. The molecule has 14 nitrogen and oxygen atoms in total. The number of H-pyrrole nitrogens is 2. The van der Waals surface area contributed by atoms with Gasteiger partial charge < -0.3 is 34.6 Å². The van der Waals surface area contributed by atoms with Crippen molar-refractivity contribution in [1.82, 2.24) is 40.0 Å². The summed E-state index contributed by atoms with van der Waals surface area (Å²) in [6.45, 7) is 12.0. The summed E-state index contributed by atoms with van der Waals surface area (Å²) in [5, 5.41) is 4.86. The van der Waals surface area contributed by atoms with Crippen LogP contribution in [0.1, 0.15) is 91.0 Å². The summed E-state index contributed by atoms with van der Waals surface area (Å²) < 4.78 is 9.81. The van der Waals surface area contributed by atoms with Crippen LogP contribution in [0, 0.1) is 23.7 Å². The maximum atomic E-state index is 14.2. The van der Waals surface area contributed by atoms with Gasteiger partial charge in [0, 0.05) is 24.5 Å². The van der Waals surface area contributed by atoms with Gasteiger partial charge in [-0.05, 0) is 90.5 Å². The molecule has 61 heavy (non-hydrogen) atoms. The van der Waals surface area contributed by atoms with Crippen LogP contribution in [0.3, 0.4) is 0 Å². The molecule has 1 aliphatic carbocycles. The molecule has 2 bridgehead atoms. The van der Waals surface area contributed by atoms with Crippen LogP contribution < -0.4 is 5.32 Å². The molecule has 8 rings (SSSR count). The summed E-state index contributed by atoms with van der Waals surface area (Å²) in [5.74, 6) is 1.63. The Morgan fingerprint density at radius 3 is 2.23 bits per heavy atom. The Labute approximate surface area is 356 Å². The average Bonchev–Trinajstić information content (AvgIpc) is 4.11. The summed E-state index contributed by atoms with van der Waals surface area (Å²) in [5.41, 5.74) is 5.76. The van der Waals surface area contributed by atoms with Gasteiger partial charge in [-0.25, -0.2) is 19.6 Å². The second kappa shape index (κ2) is 16.5. The van der Waals surface area contributed by atoms with Crippen molar-refractivity contribution < 1.29 is 28.7 Å². The van der Waals surface area contributed by atoms with Crippen LogP contribution in [-0.2, 0) is 19.1 Å². The Bertz CT molecular complexity index is 2460. The standard InChI is InChI=1S/C47H58N8O6/c1-24(2)38(52-46(58)60-8)44(56)55-33-17-14-32(22-33)41(55)43-49-35-19-16-31-21-30(15-18-34(31)39(35)51-43)28-10-12-29(13-11-28)36-23-48-42(50-36)37-20-26(5)27(6)54(37)45(57)40(25(3)4)53(7)47(59)61-9/h10-13,15-16,18-19,21,23-27,32-33,37-38,40-41H,14,17,20,22H2,1-9H3,(H,48,50)(H,49,51)(H,52,58)/t26-,27-,32+,33-,37+,38+,40+,41+/m1/s1. The molecule has 0 radical (unpaired) electrons. The molecule has 3 fully saturated rings. The molecule has 2 saturated heterocycles. The Balaban J connectivity index is 1.02. The topological polar surface area (TPSA) is 166 Å². The number of ether oxygens (including phenoxy) is 2. The van der Waals surface area contributed by atoms with Crippen LogP contribution in [-0.4, -0.2) is 104 Å². The van der Waals surface area contributed by atoms with E-state index in [1.165, 1.54) is 19.1 Å². The molecule has 4 amide bonds. The zero-order valence-corrected chi connectivity index (χ0v) is 36.6. The number of hydrogen-bond donors (Lipinski definition) is 3. The van der Waals surface area contributed by atoms with Crippen LogP contribution >= 0.6 is 0 Å². The number of aromatic nitrogens is 4. The lowest BCUT2D eigenvalue weighted by Gasteiger charge is -2.37. The molecule has 0 unspecified atom stereocenters. The summed E-state index contributed by atoms with van der Waals surface area (Å²) in [6.07, 6.45) is 4.34. The highest BCUT2D eigenvalue weighted by Crippen LogP contribution is 2.50. The number of nitrogens with one attached hydrogen (secondary N) is 3. The fourth-order valence-corrected chi connectivity index (χ4v) is 10.3. The van der Waals surface area contributed by atoms with Crippen LogP contribution in [0.25, 0.3) is 44.2 Å². The molecular formula is C47H58N8O6. The maximum Gasteiger partial charge on any atom is 0.409 e. The molecule has 322 valence electrons. The summed E-state index contributed by atoms with van der Waals surface area (Å²) in [4.78, 5) is 75.3. The highest BCUT2D eigenvalue weighted by molar-refractivity contribution is 6.05. The van der Waals surface area contributed by atoms with E-state index in [9.17, 15) is 19.2 Å². The monoisotopic (exact) mass is 830 g/mol. The first kappa shape index (κ1) is 41.8. The first-order valence-electron chi connectivity index (χ1n) is 21.6. The fraction of sp³-hybridized carbons (Fsp3) is 0.489. The molecule has 3 aromatic carbocycles. The lowest BCUT2D eigenvalue weighted by molar-refractivity contribution is -0.141. The lowest BCUT2D eigenvalue weighted by atomic mass is 9.95. The minimum absolute atomic E-state index is 0.0324. The van der Waals surface area contributed by atoms with Gasteiger partial charge in [0.15, 0.2) is 0 Å². The van der Waals surface area contributed by atoms with Gasteiger partial charge in [-0.15, -0.1) is 0 Å². The summed E-state index contributed by atoms with van der Waals surface area (Å²) in [6, 6.07) is 17.2. The minimum Gasteiger partial charge on any atom is -0.453 e. The molecule has 0 spiro atoms. The van der Waals surface area contributed by atoms with Gasteiger partial charge >= 0.3 is 12.2 Å². The van der Waals surface area contributed by atoms with E-state index in [0.29, 0.717) is 5.92 Å². The summed E-state index contributed by atoms with van der Waals surface area (Å²) >= 11 is 0. The molecular weight excluding hydrogens is 773 g/mol. The second-order valence-corrected chi connectivity index (χ2v) is 18.0. The van der Waals surface area contributed by atoms with Crippen LogP contribution in [0.2, 0.25) is 0 Å². The number of likely N-dealkylation sites (N-methyl/N-ethyl adjacent to an activating group) is 1. The van der Waals surface area contributed by atoms with Gasteiger partial charge in [0.05, 0.1) is 49.2 Å². The normalized spacial score (nSPS) is 23.3. The number of hydrogen-bond acceptors (Lipinski definition) is 8. The number of carbonyl (C=O) groups excluding carboxylic acids is 4. The molecule has 4 heterocycles. The van der Waals surface area contributed by atoms with Crippen molar-refractivity contribution in [2.75, 3.05) is 21.3 Å². The second-order valence-electron chi connectivity index (χ2n) is 18.0.